The lowest BCUT2D eigenvalue weighted by atomic mass is 10.1. The fourth-order valence-electron chi connectivity index (χ4n) is 3.89. The molecular formula is C29H29NO3. The third kappa shape index (κ3) is 6.13. The molecule has 0 aliphatic heterocycles. The van der Waals surface area contributed by atoms with Gasteiger partial charge in [-0.25, -0.2) is 0 Å². The molecule has 0 aliphatic rings. The highest BCUT2D eigenvalue weighted by Gasteiger charge is 2.07. The van der Waals surface area contributed by atoms with E-state index in [9.17, 15) is 4.79 Å². The van der Waals surface area contributed by atoms with Gasteiger partial charge in [-0.05, 0) is 65.1 Å². The van der Waals surface area contributed by atoms with Crippen molar-refractivity contribution in [2.75, 3.05) is 11.4 Å². The molecule has 4 rings (SSSR count). The maximum Gasteiger partial charge on any atom is 0.303 e. The number of fused-ring (bicyclic) bond motifs is 1. The van der Waals surface area contributed by atoms with E-state index < -0.39 is 5.97 Å². The van der Waals surface area contributed by atoms with Crippen LogP contribution in [0.3, 0.4) is 0 Å². The van der Waals surface area contributed by atoms with E-state index in [0.29, 0.717) is 13.0 Å². The van der Waals surface area contributed by atoms with Gasteiger partial charge < -0.3 is 14.7 Å². The number of nitrogens with zero attached hydrogens (tertiary/aromatic N) is 1. The maximum atomic E-state index is 10.7. The van der Waals surface area contributed by atoms with Gasteiger partial charge in [-0.15, -0.1) is 0 Å². The molecule has 0 fully saturated rings. The van der Waals surface area contributed by atoms with E-state index in [1.54, 1.807) is 0 Å². The molecule has 0 radical (unpaired) electrons. The van der Waals surface area contributed by atoms with E-state index in [4.69, 9.17) is 9.84 Å². The van der Waals surface area contributed by atoms with Crippen LogP contribution in [0, 0.1) is 0 Å². The van der Waals surface area contributed by atoms with Gasteiger partial charge >= 0.3 is 5.97 Å². The first kappa shape index (κ1) is 22.4. The van der Waals surface area contributed by atoms with Gasteiger partial charge in [0.15, 0.2) is 0 Å². The molecular weight excluding hydrogens is 410 g/mol. The predicted octanol–water partition coefficient (Wildman–Crippen LogP) is 6.46. The molecule has 0 spiro atoms. The van der Waals surface area contributed by atoms with Gasteiger partial charge in [0.2, 0.25) is 0 Å². The fourth-order valence-corrected chi connectivity index (χ4v) is 3.89. The second kappa shape index (κ2) is 10.7. The van der Waals surface area contributed by atoms with E-state index >= 15 is 0 Å². The number of hydrogen-bond donors (Lipinski definition) is 1. The number of anilines is 1. The Bertz CT molecular complexity index is 1200. The molecule has 0 saturated carbocycles. The first-order valence-corrected chi connectivity index (χ1v) is 11.4. The third-order valence-corrected chi connectivity index (χ3v) is 5.83. The average molecular weight is 440 g/mol. The minimum atomic E-state index is -0.780. The first-order valence-electron chi connectivity index (χ1n) is 11.4. The van der Waals surface area contributed by atoms with Crippen molar-refractivity contribution in [3.8, 4) is 5.75 Å². The van der Waals surface area contributed by atoms with Crippen LogP contribution in [-0.2, 0) is 24.4 Å². The van der Waals surface area contributed by atoms with Crippen LogP contribution in [0.5, 0.6) is 5.75 Å². The van der Waals surface area contributed by atoms with E-state index in [-0.39, 0.29) is 6.42 Å². The first-order chi connectivity index (χ1) is 16.1. The Morgan fingerprint density at radius 2 is 1.48 bits per heavy atom. The molecule has 4 aromatic rings. The summed E-state index contributed by atoms with van der Waals surface area (Å²) in [6.45, 7) is 4.47. The quantitative estimate of drug-likeness (QED) is 0.308. The summed E-state index contributed by atoms with van der Waals surface area (Å²) in [6, 6.07) is 31.3. The molecule has 0 amide bonds. The number of carboxylic acid groups (broad SMARTS) is 1. The molecule has 0 bridgehead atoms. The second-order valence-corrected chi connectivity index (χ2v) is 8.19. The zero-order valence-electron chi connectivity index (χ0n) is 18.9. The van der Waals surface area contributed by atoms with Crippen LogP contribution < -0.4 is 9.64 Å². The van der Waals surface area contributed by atoms with E-state index in [1.807, 2.05) is 24.3 Å². The number of carbonyl (C=O) groups is 1. The third-order valence-electron chi connectivity index (χ3n) is 5.83. The predicted molar refractivity (Wildman–Crippen MR) is 134 cm³/mol. The Balaban J connectivity index is 1.33. The molecule has 0 aliphatic carbocycles. The van der Waals surface area contributed by atoms with Crippen LogP contribution in [0.1, 0.15) is 30.0 Å². The van der Waals surface area contributed by atoms with Gasteiger partial charge in [0, 0.05) is 25.2 Å². The van der Waals surface area contributed by atoms with Gasteiger partial charge in [0.25, 0.3) is 0 Å². The topological polar surface area (TPSA) is 49.8 Å². The van der Waals surface area contributed by atoms with Crippen LogP contribution in [0.4, 0.5) is 5.69 Å². The van der Waals surface area contributed by atoms with Gasteiger partial charge in [-0.2, -0.15) is 0 Å². The molecule has 4 aromatic carbocycles. The zero-order valence-corrected chi connectivity index (χ0v) is 18.9. The van der Waals surface area contributed by atoms with Crippen molar-refractivity contribution in [2.24, 2.45) is 0 Å². The number of ether oxygens (including phenoxy) is 1. The van der Waals surface area contributed by atoms with Gasteiger partial charge in [0.1, 0.15) is 12.4 Å². The van der Waals surface area contributed by atoms with Crippen LogP contribution in [0.2, 0.25) is 0 Å². The minimum absolute atomic E-state index is 0.142. The number of aliphatic carboxylic acids is 1. The largest absolute Gasteiger partial charge is 0.489 e. The summed E-state index contributed by atoms with van der Waals surface area (Å²) >= 11 is 0. The summed E-state index contributed by atoms with van der Waals surface area (Å²) in [6.07, 6.45) is 0.675. The molecule has 0 unspecified atom stereocenters. The summed E-state index contributed by atoms with van der Waals surface area (Å²) in [5.74, 6) is 0.00436. The lowest BCUT2D eigenvalue weighted by molar-refractivity contribution is -0.136. The normalized spacial score (nSPS) is 10.8. The number of carboxylic acids is 1. The van der Waals surface area contributed by atoms with Crippen molar-refractivity contribution in [2.45, 2.75) is 32.9 Å². The Morgan fingerprint density at radius 3 is 2.18 bits per heavy atom. The molecule has 1 N–H and O–H groups in total. The summed E-state index contributed by atoms with van der Waals surface area (Å²) < 4.78 is 5.90. The standard InChI is InChI=1S/C29H29NO3/c1-2-30(27-15-14-25-5-3-4-6-26(25)19-27)20-23-7-9-24(10-8-23)21-33-28-16-11-22(12-17-28)13-18-29(31)32/h3-12,14-17,19H,2,13,18,20-21H2,1H3,(H,31,32). The number of rotatable bonds is 10. The van der Waals surface area contributed by atoms with Crippen LogP contribution >= 0.6 is 0 Å². The summed E-state index contributed by atoms with van der Waals surface area (Å²) in [5.41, 5.74) is 4.61. The van der Waals surface area contributed by atoms with Gasteiger partial charge in [-0.3, -0.25) is 4.79 Å². The van der Waals surface area contributed by atoms with E-state index in [1.165, 1.54) is 22.0 Å². The van der Waals surface area contributed by atoms with Crippen LogP contribution in [0.15, 0.2) is 91.0 Å². The van der Waals surface area contributed by atoms with Crippen molar-refractivity contribution in [3.63, 3.8) is 0 Å². The Labute approximate surface area is 195 Å². The van der Waals surface area contributed by atoms with Crippen LogP contribution in [0.25, 0.3) is 10.8 Å². The molecule has 0 atom stereocenters. The second-order valence-electron chi connectivity index (χ2n) is 8.19. The van der Waals surface area contributed by atoms with Gasteiger partial charge in [-0.1, -0.05) is 66.7 Å². The molecule has 0 heterocycles. The monoisotopic (exact) mass is 439 g/mol. The van der Waals surface area contributed by atoms with Crippen molar-refractivity contribution < 1.29 is 14.6 Å². The molecule has 4 nitrogen and oxygen atoms in total. The Kier molecular flexibility index (Phi) is 7.26. The lowest BCUT2D eigenvalue weighted by Gasteiger charge is -2.24. The molecule has 0 aromatic heterocycles. The fraction of sp³-hybridized carbons (Fsp3) is 0.207. The highest BCUT2D eigenvalue weighted by atomic mass is 16.5. The molecule has 4 heteroatoms. The number of aryl methyl sites for hydroxylation is 1. The molecule has 168 valence electrons. The molecule has 33 heavy (non-hydrogen) atoms. The maximum absolute atomic E-state index is 10.7. The smallest absolute Gasteiger partial charge is 0.303 e. The minimum Gasteiger partial charge on any atom is -0.489 e. The van der Waals surface area contributed by atoms with E-state index in [2.05, 4.69) is 78.6 Å². The number of benzene rings is 4. The Morgan fingerprint density at radius 1 is 0.818 bits per heavy atom. The summed E-state index contributed by atoms with van der Waals surface area (Å²) in [7, 11) is 0. The SMILES string of the molecule is CCN(Cc1ccc(COc2ccc(CCC(=O)O)cc2)cc1)c1ccc2ccccc2c1. The van der Waals surface area contributed by atoms with Gasteiger partial charge in [0.05, 0.1) is 0 Å². The van der Waals surface area contributed by atoms with Crippen molar-refractivity contribution in [3.05, 3.63) is 108 Å². The highest BCUT2D eigenvalue weighted by Crippen LogP contribution is 2.24. The zero-order chi connectivity index (χ0) is 23.0. The molecule has 0 saturated heterocycles. The highest BCUT2D eigenvalue weighted by molar-refractivity contribution is 5.85. The van der Waals surface area contributed by atoms with E-state index in [0.717, 1.165) is 30.0 Å². The average Bonchev–Trinajstić information content (AvgIpc) is 2.86. The van der Waals surface area contributed by atoms with Crippen molar-refractivity contribution in [1.29, 1.82) is 0 Å². The lowest BCUT2D eigenvalue weighted by Crippen LogP contribution is -2.21. The Hall–Kier alpha value is -3.79. The number of hydrogen-bond acceptors (Lipinski definition) is 3. The van der Waals surface area contributed by atoms with Crippen molar-refractivity contribution in [1.82, 2.24) is 0 Å². The van der Waals surface area contributed by atoms with Crippen LogP contribution in [-0.4, -0.2) is 17.6 Å². The summed E-state index contributed by atoms with van der Waals surface area (Å²) in [4.78, 5) is 13.1. The van der Waals surface area contributed by atoms with Crippen molar-refractivity contribution >= 4 is 22.4 Å². The summed E-state index contributed by atoms with van der Waals surface area (Å²) in [5, 5.41) is 11.3.